The van der Waals surface area contributed by atoms with Crippen molar-refractivity contribution in [3.05, 3.63) is 84.0 Å². The number of halogens is 1. The van der Waals surface area contributed by atoms with Gasteiger partial charge in [0.1, 0.15) is 0 Å². The second-order valence-corrected chi connectivity index (χ2v) is 7.79. The lowest BCUT2D eigenvalue weighted by Crippen LogP contribution is -2.48. The summed E-state index contributed by atoms with van der Waals surface area (Å²) < 4.78 is 0. The average molecular weight is 434 g/mol. The first kappa shape index (κ1) is 21.0. The third kappa shape index (κ3) is 5.29. The molecule has 0 atom stereocenters. The van der Waals surface area contributed by atoms with Crippen molar-refractivity contribution in [2.45, 2.75) is 0 Å². The summed E-state index contributed by atoms with van der Waals surface area (Å²) in [7, 11) is 0. The average Bonchev–Trinajstić information content (AvgIpc) is 2.81. The van der Waals surface area contributed by atoms with Gasteiger partial charge < -0.3 is 10.2 Å². The van der Waals surface area contributed by atoms with Gasteiger partial charge in [0.15, 0.2) is 0 Å². The summed E-state index contributed by atoms with van der Waals surface area (Å²) in [6, 6.07) is 16.8. The van der Waals surface area contributed by atoms with Gasteiger partial charge >= 0.3 is 0 Å². The number of carbonyl (C=O) groups excluding carboxylic acids is 1. The summed E-state index contributed by atoms with van der Waals surface area (Å²) in [5.41, 5.74) is 3.26. The Morgan fingerprint density at radius 1 is 1.03 bits per heavy atom. The Labute approximate surface area is 187 Å². The smallest absolute Gasteiger partial charge is 0.253 e. The number of nitrogens with zero attached hydrogens (tertiary/aromatic N) is 4. The van der Waals surface area contributed by atoms with Crippen LogP contribution in [0.25, 0.3) is 11.3 Å². The fourth-order valence-corrected chi connectivity index (χ4v) is 3.65. The molecule has 0 radical (unpaired) electrons. The van der Waals surface area contributed by atoms with E-state index in [1.807, 2.05) is 65.6 Å². The van der Waals surface area contributed by atoms with Crippen molar-refractivity contribution in [2.24, 2.45) is 0 Å². The molecule has 7 heteroatoms. The first-order chi connectivity index (χ1) is 15.1. The van der Waals surface area contributed by atoms with Crippen molar-refractivity contribution >= 4 is 29.1 Å². The van der Waals surface area contributed by atoms with Gasteiger partial charge in [-0.1, -0.05) is 29.8 Å². The van der Waals surface area contributed by atoms with E-state index in [1.54, 1.807) is 6.20 Å². The van der Waals surface area contributed by atoms with E-state index in [-0.39, 0.29) is 5.91 Å². The van der Waals surface area contributed by atoms with Crippen LogP contribution in [0.5, 0.6) is 0 Å². The van der Waals surface area contributed by atoms with Crippen LogP contribution < -0.4 is 5.32 Å². The van der Waals surface area contributed by atoms with Crippen LogP contribution in [0.4, 0.5) is 11.6 Å². The normalized spacial score (nSPS) is 14.3. The van der Waals surface area contributed by atoms with Crippen molar-refractivity contribution in [3.8, 4) is 11.3 Å². The molecule has 4 rings (SSSR count). The predicted molar refractivity (Wildman–Crippen MR) is 125 cm³/mol. The first-order valence-corrected chi connectivity index (χ1v) is 10.6. The third-order valence-electron chi connectivity index (χ3n) is 5.23. The standard InChI is InChI=1S/C24H24ClN5O/c1-2-13-29-14-16-30(17-15-29)23(31)19-5-9-21(10-6-19)27-24-26-12-11-22(28-24)18-3-7-20(25)8-4-18/h2-12H,1,13-17H2,(H,26,27,28). The number of aromatic nitrogens is 2. The lowest BCUT2D eigenvalue weighted by atomic mass is 10.1. The summed E-state index contributed by atoms with van der Waals surface area (Å²) in [6.07, 6.45) is 3.61. The van der Waals surface area contributed by atoms with E-state index in [0.29, 0.717) is 16.5 Å². The molecule has 1 amide bonds. The molecule has 0 aliphatic carbocycles. The van der Waals surface area contributed by atoms with Gasteiger partial charge in [0.2, 0.25) is 5.95 Å². The monoisotopic (exact) mass is 433 g/mol. The zero-order valence-corrected chi connectivity index (χ0v) is 17.9. The van der Waals surface area contributed by atoms with Gasteiger partial charge in [-0.25, -0.2) is 9.97 Å². The quantitative estimate of drug-likeness (QED) is 0.580. The van der Waals surface area contributed by atoms with Gasteiger partial charge in [-0.3, -0.25) is 9.69 Å². The first-order valence-electron chi connectivity index (χ1n) is 10.2. The van der Waals surface area contributed by atoms with Gasteiger partial charge in [-0.2, -0.15) is 0 Å². The molecule has 0 bridgehead atoms. The van der Waals surface area contributed by atoms with E-state index < -0.39 is 0 Å². The van der Waals surface area contributed by atoms with Gasteiger partial charge in [0.25, 0.3) is 5.91 Å². The summed E-state index contributed by atoms with van der Waals surface area (Å²) in [4.78, 5) is 25.9. The molecule has 1 fully saturated rings. The van der Waals surface area contributed by atoms with Crippen LogP contribution in [0, 0.1) is 0 Å². The number of amides is 1. The van der Waals surface area contributed by atoms with Crippen LogP contribution in [0.15, 0.2) is 73.4 Å². The number of nitrogens with one attached hydrogen (secondary N) is 1. The van der Waals surface area contributed by atoms with Crippen LogP contribution in [0.1, 0.15) is 10.4 Å². The Kier molecular flexibility index (Phi) is 6.60. The van der Waals surface area contributed by atoms with Crippen LogP contribution in [-0.2, 0) is 0 Å². The van der Waals surface area contributed by atoms with Gasteiger partial charge in [0, 0.05) is 60.8 Å². The second-order valence-electron chi connectivity index (χ2n) is 7.36. The Hall–Kier alpha value is -3.22. The number of hydrogen-bond acceptors (Lipinski definition) is 5. The topological polar surface area (TPSA) is 61.4 Å². The minimum atomic E-state index is 0.0609. The maximum absolute atomic E-state index is 12.8. The Morgan fingerprint density at radius 2 is 1.74 bits per heavy atom. The fraction of sp³-hybridized carbons (Fsp3) is 0.208. The summed E-state index contributed by atoms with van der Waals surface area (Å²) in [6.45, 7) is 7.86. The van der Waals surface area contributed by atoms with E-state index >= 15 is 0 Å². The molecule has 1 aliphatic heterocycles. The highest BCUT2D eigenvalue weighted by molar-refractivity contribution is 6.30. The second kappa shape index (κ2) is 9.73. The molecule has 1 N–H and O–H groups in total. The van der Waals surface area contributed by atoms with Crippen LogP contribution in [-0.4, -0.2) is 58.4 Å². The molecule has 0 spiro atoms. The largest absolute Gasteiger partial charge is 0.336 e. The maximum Gasteiger partial charge on any atom is 0.253 e. The van der Waals surface area contributed by atoms with E-state index in [0.717, 1.165) is 49.7 Å². The molecule has 158 valence electrons. The van der Waals surface area contributed by atoms with Crippen LogP contribution in [0.2, 0.25) is 5.02 Å². The highest BCUT2D eigenvalue weighted by Crippen LogP contribution is 2.22. The van der Waals surface area contributed by atoms with E-state index in [4.69, 9.17) is 11.6 Å². The Bertz CT molecular complexity index is 1040. The van der Waals surface area contributed by atoms with Crippen molar-refractivity contribution in [2.75, 3.05) is 38.0 Å². The van der Waals surface area contributed by atoms with Gasteiger partial charge in [-0.05, 0) is 42.5 Å². The molecule has 1 aromatic heterocycles. The number of rotatable bonds is 6. The molecule has 0 saturated carbocycles. The molecular weight excluding hydrogens is 410 g/mol. The SMILES string of the molecule is C=CCN1CCN(C(=O)c2ccc(Nc3nccc(-c4ccc(Cl)cc4)n3)cc2)CC1. The van der Waals surface area contributed by atoms with Crippen LogP contribution in [0.3, 0.4) is 0 Å². The lowest BCUT2D eigenvalue weighted by molar-refractivity contribution is 0.0650. The molecule has 31 heavy (non-hydrogen) atoms. The Morgan fingerprint density at radius 3 is 2.42 bits per heavy atom. The number of hydrogen-bond donors (Lipinski definition) is 1. The van der Waals surface area contributed by atoms with E-state index in [2.05, 4.69) is 26.8 Å². The molecule has 2 heterocycles. The molecule has 1 aliphatic rings. The van der Waals surface area contributed by atoms with Gasteiger partial charge in [-0.15, -0.1) is 6.58 Å². The maximum atomic E-state index is 12.8. The summed E-state index contributed by atoms with van der Waals surface area (Å²) in [5, 5.41) is 3.89. The number of anilines is 2. The predicted octanol–water partition coefficient (Wildman–Crippen LogP) is 4.48. The Balaban J connectivity index is 1.40. The zero-order valence-electron chi connectivity index (χ0n) is 17.2. The molecule has 0 unspecified atom stereocenters. The van der Waals surface area contributed by atoms with E-state index in [9.17, 15) is 4.79 Å². The van der Waals surface area contributed by atoms with E-state index in [1.165, 1.54) is 0 Å². The highest BCUT2D eigenvalue weighted by Gasteiger charge is 2.21. The number of benzene rings is 2. The molecule has 6 nitrogen and oxygen atoms in total. The molecule has 3 aromatic rings. The van der Waals surface area contributed by atoms with Crippen LogP contribution >= 0.6 is 11.6 Å². The minimum absolute atomic E-state index is 0.0609. The minimum Gasteiger partial charge on any atom is -0.336 e. The van der Waals surface area contributed by atoms with Crippen molar-refractivity contribution < 1.29 is 4.79 Å². The zero-order chi connectivity index (χ0) is 21.6. The summed E-state index contributed by atoms with van der Waals surface area (Å²) >= 11 is 5.96. The molecule has 2 aromatic carbocycles. The van der Waals surface area contributed by atoms with Crippen molar-refractivity contribution in [1.29, 1.82) is 0 Å². The number of carbonyl (C=O) groups is 1. The van der Waals surface area contributed by atoms with Crippen molar-refractivity contribution in [1.82, 2.24) is 19.8 Å². The summed E-state index contributed by atoms with van der Waals surface area (Å²) in [5.74, 6) is 0.552. The highest BCUT2D eigenvalue weighted by atomic mass is 35.5. The molecule has 1 saturated heterocycles. The van der Waals surface area contributed by atoms with Crippen molar-refractivity contribution in [3.63, 3.8) is 0 Å². The fourth-order valence-electron chi connectivity index (χ4n) is 3.52. The number of piperazine rings is 1. The van der Waals surface area contributed by atoms with Gasteiger partial charge in [0.05, 0.1) is 5.69 Å². The lowest BCUT2D eigenvalue weighted by Gasteiger charge is -2.34. The molecular formula is C24H24ClN5O. The third-order valence-corrected chi connectivity index (χ3v) is 5.48.